The fourth-order valence-corrected chi connectivity index (χ4v) is 2.45. The van der Waals surface area contributed by atoms with Crippen LogP contribution in [0.3, 0.4) is 0 Å². The molecule has 0 saturated carbocycles. The molecule has 0 fully saturated rings. The molecule has 0 heterocycles. The topological polar surface area (TPSA) is 12.0 Å². The molecule has 0 spiro atoms. The summed E-state index contributed by atoms with van der Waals surface area (Å²) in [5.74, 6) is 0. The molecule has 0 aliphatic rings. The summed E-state index contributed by atoms with van der Waals surface area (Å²) in [7, 11) is 0. The van der Waals surface area contributed by atoms with Crippen LogP contribution in [0.1, 0.15) is 24.1 Å². The van der Waals surface area contributed by atoms with Crippen LogP contribution in [0, 0.1) is 6.92 Å². The van der Waals surface area contributed by atoms with Gasteiger partial charge in [-0.05, 0) is 48.4 Å². The normalized spacial score (nSPS) is 12.6. The van der Waals surface area contributed by atoms with Gasteiger partial charge in [0.05, 0.1) is 6.04 Å². The van der Waals surface area contributed by atoms with Crippen LogP contribution in [-0.2, 0) is 0 Å². The number of nitrogens with one attached hydrogen (secondary N) is 1. The van der Waals surface area contributed by atoms with Gasteiger partial charge in [-0.25, -0.2) is 0 Å². The molecule has 0 bridgehead atoms. The third-order valence-electron chi connectivity index (χ3n) is 3.63. The second-order valence-corrected chi connectivity index (χ2v) is 5.20. The van der Waals surface area contributed by atoms with E-state index in [0.29, 0.717) is 0 Å². The standard InChI is InChI=1S/C21H23N/c1-4-6-8-13-21(22-5-2)20-16-19(15-14-17(20)3)18-11-9-7-10-12-18/h4-16,21-22H,2H2,1,3H3/b6-4-,13-8-. The SMILES string of the molecule is C=CNC(/C=C\C=C/C)c1cc(-c2ccccc2)ccc1C. The minimum atomic E-state index is 0.123. The summed E-state index contributed by atoms with van der Waals surface area (Å²) in [6, 6.07) is 17.2. The Kier molecular flexibility index (Phi) is 5.79. The van der Waals surface area contributed by atoms with Gasteiger partial charge in [-0.2, -0.15) is 0 Å². The lowest BCUT2D eigenvalue weighted by molar-refractivity contribution is 0.751. The van der Waals surface area contributed by atoms with Crippen LogP contribution >= 0.6 is 0 Å². The quantitative estimate of drug-likeness (QED) is 0.686. The zero-order valence-electron chi connectivity index (χ0n) is 13.3. The van der Waals surface area contributed by atoms with Crippen molar-refractivity contribution in [2.45, 2.75) is 19.9 Å². The molecule has 1 N–H and O–H groups in total. The predicted octanol–water partition coefficient (Wildman–Crippen LogP) is 5.57. The highest BCUT2D eigenvalue weighted by Crippen LogP contribution is 2.26. The number of allylic oxidation sites excluding steroid dienone is 3. The van der Waals surface area contributed by atoms with E-state index < -0.39 is 0 Å². The molecule has 1 atom stereocenters. The first kappa shape index (κ1) is 15.8. The Morgan fingerprint density at radius 3 is 2.45 bits per heavy atom. The smallest absolute Gasteiger partial charge is 0.0698 e. The molecule has 112 valence electrons. The Balaban J connectivity index is 2.41. The van der Waals surface area contributed by atoms with E-state index >= 15 is 0 Å². The lowest BCUT2D eigenvalue weighted by Crippen LogP contribution is -2.14. The van der Waals surface area contributed by atoms with Crippen molar-refractivity contribution in [1.29, 1.82) is 0 Å². The highest BCUT2D eigenvalue weighted by Gasteiger charge is 2.10. The van der Waals surface area contributed by atoms with E-state index in [0.717, 1.165) is 0 Å². The molecule has 2 aromatic rings. The van der Waals surface area contributed by atoms with Crippen molar-refractivity contribution in [2.75, 3.05) is 0 Å². The summed E-state index contributed by atoms with van der Waals surface area (Å²) in [5.41, 5.74) is 5.00. The van der Waals surface area contributed by atoms with E-state index in [2.05, 4.69) is 73.4 Å². The molecule has 0 saturated heterocycles. The molecule has 0 amide bonds. The molecule has 2 aromatic carbocycles. The average Bonchev–Trinajstić information content (AvgIpc) is 2.56. The van der Waals surface area contributed by atoms with Gasteiger partial charge in [0, 0.05) is 0 Å². The molecular formula is C21H23N. The molecule has 1 heteroatoms. The Labute approximate surface area is 133 Å². The van der Waals surface area contributed by atoms with E-state index in [1.54, 1.807) is 6.20 Å². The van der Waals surface area contributed by atoms with Crippen LogP contribution in [-0.4, -0.2) is 0 Å². The van der Waals surface area contributed by atoms with Crippen LogP contribution in [0.25, 0.3) is 11.1 Å². The Morgan fingerprint density at radius 2 is 1.77 bits per heavy atom. The van der Waals surface area contributed by atoms with Crippen LogP contribution in [0.15, 0.2) is 85.6 Å². The molecule has 0 aromatic heterocycles. The van der Waals surface area contributed by atoms with Crippen LogP contribution in [0.5, 0.6) is 0 Å². The zero-order chi connectivity index (χ0) is 15.8. The van der Waals surface area contributed by atoms with Gasteiger partial charge in [0.25, 0.3) is 0 Å². The van der Waals surface area contributed by atoms with E-state index in [-0.39, 0.29) is 6.04 Å². The highest BCUT2D eigenvalue weighted by atomic mass is 14.9. The fraction of sp³-hybridized carbons (Fsp3) is 0.143. The second kappa shape index (κ2) is 8.04. The van der Waals surface area contributed by atoms with E-state index in [9.17, 15) is 0 Å². The van der Waals surface area contributed by atoms with Gasteiger partial charge in [0.2, 0.25) is 0 Å². The maximum atomic E-state index is 3.80. The number of rotatable bonds is 6. The summed E-state index contributed by atoms with van der Waals surface area (Å²) in [5, 5.41) is 3.32. The van der Waals surface area contributed by atoms with Gasteiger partial charge < -0.3 is 5.32 Å². The van der Waals surface area contributed by atoms with Crippen LogP contribution < -0.4 is 5.32 Å². The third-order valence-corrected chi connectivity index (χ3v) is 3.63. The summed E-state index contributed by atoms with van der Waals surface area (Å²) >= 11 is 0. The maximum Gasteiger partial charge on any atom is 0.0698 e. The maximum absolute atomic E-state index is 3.80. The lowest BCUT2D eigenvalue weighted by Gasteiger charge is -2.17. The molecule has 0 aliphatic heterocycles. The molecule has 22 heavy (non-hydrogen) atoms. The molecule has 0 aliphatic carbocycles. The number of hydrogen-bond donors (Lipinski definition) is 1. The van der Waals surface area contributed by atoms with Gasteiger partial charge in [-0.1, -0.05) is 73.3 Å². The first-order valence-electron chi connectivity index (χ1n) is 7.58. The monoisotopic (exact) mass is 289 g/mol. The summed E-state index contributed by atoms with van der Waals surface area (Å²) < 4.78 is 0. The number of benzene rings is 2. The van der Waals surface area contributed by atoms with Crippen molar-refractivity contribution in [2.24, 2.45) is 0 Å². The van der Waals surface area contributed by atoms with Crippen LogP contribution in [0.4, 0.5) is 0 Å². The van der Waals surface area contributed by atoms with Gasteiger partial charge in [-0.3, -0.25) is 0 Å². The Bertz CT molecular complexity index is 666. The number of hydrogen-bond acceptors (Lipinski definition) is 1. The minimum absolute atomic E-state index is 0.123. The summed E-state index contributed by atoms with van der Waals surface area (Å²) in [4.78, 5) is 0. The molecule has 1 nitrogen and oxygen atoms in total. The second-order valence-electron chi connectivity index (χ2n) is 5.20. The van der Waals surface area contributed by atoms with E-state index in [1.165, 1.54) is 22.3 Å². The lowest BCUT2D eigenvalue weighted by atomic mass is 9.95. The summed E-state index contributed by atoms with van der Waals surface area (Å²) in [6.45, 7) is 7.96. The average molecular weight is 289 g/mol. The van der Waals surface area contributed by atoms with Crippen molar-refractivity contribution >= 4 is 0 Å². The minimum Gasteiger partial charge on any atom is -0.381 e. The van der Waals surface area contributed by atoms with Crippen molar-refractivity contribution in [1.82, 2.24) is 5.32 Å². The molecular weight excluding hydrogens is 266 g/mol. The van der Waals surface area contributed by atoms with Gasteiger partial charge >= 0.3 is 0 Å². The van der Waals surface area contributed by atoms with E-state index in [1.807, 2.05) is 25.1 Å². The Hall–Kier alpha value is -2.54. The van der Waals surface area contributed by atoms with Gasteiger partial charge in [-0.15, -0.1) is 0 Å². The van der Waals surface area contributed by atoms with Crippen molar-refractivity contribution < 1.29 is 0 Å². The van der Waals surface area contributed by atoms with Gasteiger partial charge in [0.1, 0.15) is 0 Å². The molecule has 2 rings (SSSR count). The van der Waals surface area contributed by atoms with Crippen molar-refractivity contribution in [3.63, 3.8) is 0 Å². The first-order valence-corrected chi connectivity index (χ1v) is 7.58. The Morgan fingerprint density at radius 1 is 1.00 bits per heavy atom. The zero-order valence-corrected chi connectivity index (χ0v) is 13.3. The largest absolute Gasteiger partial charge is 0.381 e. The number of aryl methyl sites for hydroxylation is 1. The first-order chi connectivity index (χ1) is 10.8. The van der Waals surface area contributed by atoms with Crippen LogP contribution in [0.2, 0.25) is 0 Å². The molecule has 1 unspecified atom stereocenters. The van der Waals surface area contributed by atoms with Crippen molar-refractivity contribution in [3.8, 4) is 11.1 Å². The van der Waals surface area contributed by atoms with Gasteiger partial charge in [0.15, 0.2) is 0 Å². The summed E-state index contributed by atoms with van der Waals surface area (Å²) in [6.07, 6.45) is 10.0. The molecule has 0 radical (unpaired) electrons. The highest BCUT2D eigenvalue weighted by molar-refractivity contribution is 5.65. The third kappa shape index (κ3) is 3.98. The van der Waals surface area contributed by atoms with E-state index in [4.69, 9.17) is 0 Å². The fourth-order valence-electron chi connectivity index (χ4n) is 2.45. The van der Waals surface area contributed by atoms with Crippen molar-refractivity contribution in [3.05, 3.63) is 96.7 Å². The predicted molar refractivity (Wildman–Crippen MR) is 96.6 cm³/mol.